The van der Waals surface area contributed by atoms with Crippen molar-refractivity contribution in [2.45, 2.75) is 68.5 Å². The van der Waals surface area contributed by atoms with Gasteiger partial charge < -0.3 is 4.74 Å². The van der Waals surface area contributed by atoms with Gasteiger partial charge in [0.2, 0.25) is 0 Å². The maximum absolute atomic E-state index is 7.52. The molecule has 0 N–H and O–H groups in total. The minimum atomic E-state index is 0.257. The van der Waals surface area contributed by atoms with E-state index in [9.17, 15) is 0 Å². The van der Waals surface area contributed by atoms with Crippen LogP contribution in [0.15, 0.2) is 24.3 Å². The van der Waals surface area contributed by atoms with Crippen molar-refractivity contribution in [1.29, 1.82) is 0 Å². The fourth-order valence-electron chi connectivity index (χ4n) is 11.3. The fraction of sp³-hybridized carbons (Fsp3) is 0.769. The first-order valence-corrected chi connectivity index (χ1v) is 12.1. The zero-order chi connectivity index (χ0) is 17.1. The molecule has 27 heavy (non-hydrogen) atoms. The van der Waals surface area contributed by atoms with Gasteiger partial charge in [-0.3, -0.25) is 0 Å². The van der Waals surface area contributed by atoms with Gasteiger partial charge in [0.25, 0.3) is 0 Å². The summed E-state index contributed by atoms with van der Waals surface area (Å²) < 4.78 is 7.52. The predicted octanol–water partition coefficient (Wildman–Crippen LogP) is 5.50. The summed E-state index contributed by atoms with van der Waals surface area (Å²) in [7, 11) is 0. The van der Waals surface area contributed by atoms with Crippen molar-refractivity contribution in [3.8, 4) is 0 Å². The minimum Gasteiger partial charge on any atom is -0.365 e. The van der Waals surface area contributed by atoms with Gasteiger partial charge in [-0.15, -0.1) is 0 Å². The van der Waals surface area contributed by atoms with E-state index in [1.165, 1.54) is 38.5 Å². The van der Waals surface area contributed by atoms with Gasteiger partial charge in [-0.25, -0.2) is 0 Å². The molecule has 0 amide bonds. The second kappa shape index (κ2) is 4.07. The van der Waals surface area contributed by atoms with E-state index in [2.05, 4.69) is 24.3 Å². The summed E-state index contributed by atoms with van der Waals surface area (Å²) in [5.41, 5.74) is 4.17. The molecule has 1 heterocycles. The van der Waals surface area contributed by atoms with Crippen LogP contribution in [0.1, 0.15) is 68.6 Å². The number of hydrogen-bond donors (Lipinski definition) is 0. The summed E-state index contributed by atoms with van der Waals surface area (Å²) in [6, 6.07) is 9.76. The molecule has 8 aliphatic rings. The Balaban J connectivity index is 1.37. The van der Waals surface area contributed by atoms with Crippen LogP contribution < -0.4 is 0 Å². The van der Waals surface area contributed by atoms with Gasteiger partial charge in [0.15, 0.2) is 0 Å². The quantitative estimate of drug-likeness (QED) is 0.644. The molecule has 140 valence electrons. The number of hydrogen-bond acceptors (Lipinski definition) is 1. The first-order chi connectivity index (χ1) is 13.4. The van der Waals surface area contributed by atoms with Crippen molar-refractivity contribution < 1.29 is 4.74 Å². The molecule has 9 rings (SSSR count). The van der Waals surface area contributed by atoms with Gasteiger partial charge in [-0.2, -0.15) is 0 Å². The van der Waals surface area contributed by atoms with Crippen LogP contribution in [0.4, 0.5) is 0 Å². The van der Waals surface area contributed by atoms with Crippen molar-refractivity contribution in [2.75, 3.05) is 0 Å². The van der Waals surface area contributed by atoms with Gasteiger partial charge in [0, 0.05) is 5.41 Å². The lowest BCUT2D eigenvalue weighted by molar-refractivity contribution is -0.136. The van der Waals surface area contributed by atoms with Crippen molar-refractivity contribution in [2.24, 2.45) is 53.3 Å². The Morgan fingerprint density at radius 3 is 2.19 bits per heavy atom. The molecule has 1 aromatic carbocycles. The number of fused-ring (bicyclic) bond motifs is 13. The molecule has 1 saturated heterocycles. The highest BCUT2D eigenvalue weighted by Crippen LogP contribution is 2.88. The lowest BCUT2D eigenvalue weighted by Crippen LogP contribution is -2.56. The molecule has 7 aliphatic carbocycles. The third-order valence-corrected chi connectivity index (χ3v) is 11.5. The van der Waals surface area contributed by atoms with E-state index in [1.807, 2.05) is 5.56 Å². The predicted molar refractivity (Wildman–Crippen MR) is 103 cm³/mol. The smallest absolute Gasteiger partial charge is 0.0870 e. The van der Waals surface area contributed by atoms with Gasteiger partial charge in [-0.1, -0.05) is 24.3 Å². The Bertz CT molecular complexity index is 868. The van der Waals surface area contributed by atoms with E-state index in [0.29, 0.717) is 11.5 Å². The Hall–Kier alpha value is -0.820. The first kappa shape index (κ1) is 14.2. The number of ether oxygens (including phenoxy) is 1. The first-order valence-electron chi connectivity index (χ1n) is 12.1. The summed E-state index contributed by atoms with van der Waals surface area (Å²) in [5.74, 6) is 8.67. The molecule has 1 aliphatic heterocycles. The molecule has 1 heteroatoms. The third-order valence-electron chi connectivity index (χ3n) is 11.5. The van der Waals surface area contributed by atoms with Crippen molar-refractivity contribution in [3.63, 3.8) is 0 Å². The summed E-state index contributed by atoms with van der Waals surface area (Å²) in [6.45, 7) is 0. The molecule has 1 spiro atoms. The molecule has 6 saturated carbocycles. The minimum absolute atomic E-state index is 0.257. The SMILES string of the molecule is c1ccc2c(c1)[C@@H]1O[C@@](C3CC3)(C3C1[C@H]1CC[C@@H]3C1)C21C2C1[C@H]1CC[C@@H]2C1. The normalized spacial score (nSPS) is 62.7. The van der Waals surface area contributed by atoms with Crippen LogP contribution in [-0.2, 0) is 10.2 Å². The molecule has 7 fully saturated rings. The molecule has 0 aromatic heterocycles. The average Bonchev–Trinajstić information content (AvgIpc) is 3.33. The summed E-state index contributed by atoms with van der Waals surface area (Å²) in [5, 5.41) is 0. The van der Waals surface area contributed by atoms with Gasteiger partial charge in [0.05, 0.1) is 11.7 Å². The Kier molecular flexibility index (Phi) is 2.14. The molecule has 0 radical (unpaired) electrons. The summed E-state index contributed by atoms with van der Waals surface area (Å²) >= 11 is 0. The van der Waals surface area contributed by atoms with E-state index in [1.54, 1.807) is 18.4 Å². The molecule has 5 unspecified atom stereocenters. The van der Waals surface area contributed by atoms with Crippen LogP contribution in [0.3, 0.4) is 0 Å². The van der Waals surface area contributed by atoms with E-state index in [-0.39, 0.29) is 5.60 Å². The molecule has 6 bridgehead atoms. The maximum atomic E-state index is 7.52. The Labute approximate surface area is 162 Å². The van der Waals surface area contributed by atoms with Crippen molar-refractivity contribution >= 4 is 0 Å². The average molecular weight is 359 g/mol. The van der Waals surface area contributed by atoms with E-state index >= 15 is 0 Å². The standard InChI is InChI=1S/C26H30O/c1-2-4-19-18(3-1)24-20-13-5-6-14(11-13)21(20)26(27-24,17-9-10-17)25(19)22-15-7-8-16(12-15)23(22)25/h1-4,13-17,20-24H,5-12H2/t13-,14+,15-,16+,20?,21?,22?,23?,24-,25?,26-/m0/s1. The van der Waals surface area contributed by atoms with Crippen LogP contribution in [0, 0.1) is 53.3 Å². The Morgan fingerprint density at radius 1 is 0.741 bits per heavy atom. The molecular formula is C26H30O. The van der Waals surface area contributed by atoms with E-state index in [4.69, 9.17) is 4.74 Å². The number of rotatable bonds is 1. The fourth-order valence-corrected chi connectivity index (χ4v) is 11.3. The number of benzene rings is 1. The van der Waals surface area contributed by atoms with Crippen LogP contribution in [0.25, 0.3) is 0 Å². The van der Waals surface area contributed by atoms with Gasteiger partial charge in [0.1, 0.15) is 0 Å². The van der Waals surface area contributed by atoms with Crippen molar-refractivity contribution in [1.82, 2.24) is 0 Å². The Morgan fingerprint density at radius 2 is 1.41 bits per heavy atom. The zero-order valence-electron chi connectivity index (χ0n) is 16.1. The maximum Gasteiger partial charge on any atom is 0.0870 e. The second-order valence-corrected chi connectivity index (χ2v) is 11.9. The van der Waals surface area contributed by atoms with E-state index in [0.717, 1.165) is 53.3 Å². The topological polar surface area (TPSA) is 9.23 Å². The van der Waals surface area contributed by atoms with Gasteiger partial charge in [-0.05, 0) is 116 Å². The summed E-state index contributed by atoms with van der Waals surface area (Å²) in [6.07, 6.45) is 12.6. The third kappa shape index (κ3) is 1.22. The van der Waals surface area contributed by atoms with Crippen LogP contribution in [0.2, 0.25) is 0 Å². The molecular weight excluding hydrogens is 328 g/mol. The monoisotopic (exact) mass is 358 g/mol. The van der Waals surface area contributed by atoms with Crippen LogP contribution in [0.5, 0.6) is 0 Å². The highest BCUT2D eigenvalue weighted by atomic mass is 16.5. The van der Waals surface area contributed by atoms with Crippen LogP contribution >= 0.6 is 0 Å². The zero-order valence-corrected chi connectivity index (χ0v) is 16.1. The van der Waals surface area contributed by atoms with Crippen LogP contribution in [-0.4, -0.2) is 5.60 Å². The van der Waals surface area contributed by atoms with Gasteiger partial charge >= 0.3 is 0 Å². The largest absolute Gasteiger partial charge is 0.365 e. The lowest BCUT2D eigenvalue weighted by Gasteiger charge is -2.50. The lowest BCUT2D eigenvalue weighted by atomic mass is 9.60. The second-order valence-electron chi connectivity index (χ2n) is 11.9. The highest BCUT2D eigenvalue weighted by molar-refractivity contribution is 5.56. The molecule has 1 aromatic rings. The highest BCUT2D eigenvalue weighted by Gasteiger charge is 2.89. The van der Waals surface area contributed by atoms with Crippen molar-refractivity contribution in [3.05, 3.63) is 35.4 Å². The summed E-state index contributed by atoms with van der Waals surface area (Å²) in [4.78, 5) is 0. The van der Waals surface area contributed by atoms with E-state index < -0.39 is 0 Å². The molecule has 11 atom stereocenters. The molecule has 1 nitrogen and oxygen atoms in total.